The van der Waals surface area contributed by atoms with Gasteiger partial charge in [0.2, 0.25) is 0 Å². The summed E-state index contributed by atoms with van der Waals surface area (Å²) in [6.45, 7) is 6.39. The SMILES string of the molecule is CN1CCC(N2CCN(C(=O)NCCc3cccc(F)c3)CC2)CC1. The Balaban J connectivity index is 1.36. The van der Waals surface area contributed by atoms with Crippen molar-refractivity contribution in [2.24, 2.45) is 0 Å². The second kappa shape index (κ2) is 8.63. The van der Waals surface area contributed by atoms with Crippen molar-refractivity contribution in [2.45, 2.75) is 25.3 Å². The Bertz CT molecular complexity index is 566. The predicted molar refractivity (Wildman–Crippen MR) is 97.2 cm³/mol. The summed E-state index contributed by atoms with van der Waals surface area (Å²) < 4.78 is 13.2. The van der Waals surface area contributed by atoms with Gasteiger partial charge in [0.25, 0.3) is 0 Å². The Morgan fingerprint density at radius 1 is 1.16 bits per heavy atom. The number of urea groups is 1. The first-order chi connectivity index (χ1) is 12.1. The fraction of sp³-hybridized carbons (Fsp3) is 0.632. The van der Waals surface area contributed by atoms with Crippen molar-refractivity contribution in [1.29, 1.82) is 0 Å². The average Bonchev–Trinajstić information content (AvgIpc) is 2.62. The largest absolute Gasteiger partial charge is 0.338 e. The van der Waals surface area contributed by atoms with E-state index in [2.05, 4.69) is 22.2 Å². The number of nitrogens with zero attached hydrogens (tertiary/aromatic N) is 3. The van der Waals surface area contributed by atoms with E-state index in [1.54, 1.807) is 6.07 Å². The van der Waals surface area contributed by atoms with Gasteiger partial charge in [0.05, 0.1) is 0 Å². The van der Waals surface area contributed by atoms with Crippen molar-refractivity contribution in [3.05, 3.63) is 35.6 Å². The lowest BCUT2D eigenvalue weighted by molar-refractivity contribution is 0.0750. The van der Waals surface area contributed by atoms with Crippen LogP contribution in [0.1, 0.15) is 18.4 Å². The Hall–Kier alpha value is -1.66. The number of piperazine rings is 1. The average molecular weight is 348 g/mol. The molecule has 2 aliphatic rings. The van der Waals surface area contributed by atoms with Gasteiger partial charge in [-0.15, -0.1) is 0 Å². The molecule has 0 aromatic heterocycles. The van der Waals surface area contributed by atoms with Crippen molar-refractivity contribution < 1.29 is 9.18 Å². The topological polar surface area (TPSA) is 38.8 Å². The van der Waals surface area contributed by atoms with E-state index in [0.29, 0.717) is 19.0 Å². The highest BCUT2D eigenvalue weighted by Crippen LogP contribution is 2.17. The number of carbonyl (C=O) groups is 1. The van der Waals surface area contributed by atoms with Crippen molar-refractivity contribution in [2.75, 3.05) is 52.9 Å². The van der Waals surface area contributed by atoms with Crippen molar-refractivity contribution in [3.63, 3.8) is 0 Å². The molecule has 0 atom stereocenters. The second-order valence-corrected chi connectivity index (χ2v) is 7.17. The van der Waals surface area contributed by atoms with Gasteiger partial charge in [-0.3, -0.25) is 4.90 Å². The molecule has 0 radical (unpaired) electrons. The summed E-state index contributed by atoms with van der Waals surface area (Å²) in [7, 11) is 2.18. The molecule has 5 nitrogen and oxygen atoms in total. The van der Waals surface area contributed by atoms with E-state index in [4.69, 9.17) is 0 Å². The van der Waals surface area contributed by atoms with E-state index in [0.717, 1.165) is 31.7 Å². The molecule has 2 aliphatic heterocycles. The van der Waals surface area contributed by atoms with Crippen LogP contribution in [0, 0.1) is 5.82 Å². The van der Waals surface area contributed by atoms with Crippen LogP contribution in [0.15, 0.2) is 24.3 Å². The van der Waals surface area contributed by atoms with Crippen LogP contribution < -0.4 is 5.32 Å². The molecule has 1 aromatic carbocycles. The van der Waals surface area contributed by atoms with E-state index in [1.165, 1.54) is 38.1 Å². The Kier molecular flexibility index (Phi) is 6.26. The molecular weight excluding hydrogens is 319 g/mol. The van der Waals surface area contributed by atoms with E-state index in [-0.39, 0.29) is 11.8 Å². The van der Waals surface area contributed by atoms with Gasteiger partial charge in [-0.05, 0) is 57.1 Å². The van der Waals surface area contributed by atoms with E-state index in [9.17, 15) is 9.18 Å². The van der Waals surface area contributed by atoms with Crippen LogP contribution in [0.25, 0.3) is 0 Å². The van der Waals surface area contributed by atoms with E-state index >= 15 is 0 Å². The van der Waals surface area contributed by atoms with Crippen molar-refractivity contribution >= 4 is 6.03 Å². The highest BCUT2D eigenvalue weighted by Gasteiger charge is 2.27. The van der Waals surface area contributed by atoms with Crippen LogP contribution in [-0.2, 0) is 6.42 Å². The minimum Gasteiger partial charge on any atom is -0.338 e. The minimum absolute atomic E-state index is 0.000527. The summed E-state index contributed by atoms with van der Waals surface area (Å²) in [4.78, 5) is 19.1. The zero-order chi connectivity index (χ0) is 17.6. The molecule has 0 spiro atoms. The maximum Gasteiger partial charge on any atom is 0.317 e. The molecule has 1 N–H and O–H groups in total. The summed E-state index contributed by atoms with van der Waals surface area (Å²) >= 11 is 0. The summed E-state index contributed by atoms with van der Waals surface area (Å²) in [5.74, 6) is -0.228. The number of amides is 2. The third kappa shape index (κ3) is 5.16. The molecular formula is C19H29FN4O. The Morgan fingerprint density at radius 3 is 2.56 bits per heavy atom. The van der Waals surface area contributed by atoms with Gasteiger partial charge in [-0.25, -0.2) is 9.18 Å². The number of nitrogens with one attached hydrogen (secondary N) is 1. The van der Waals surface area contributed by atoms with Crippen molar-refractivity contribution in [3.8, 4) is 0 Å². The zero-order valence-corrected chi connectivity index (χ0v) is 15.1. The lowest BCUT2D eigenvalue weighted by atomic mass is 10.0. The molecule has 138 valence electrons. The quantitative estimate of drug-likeness (QED) is 0.902. The normalized spacial score (nSPS) is 20.6. The number of hydrogen-bond donors (Lipinski definition) is 1. The summed E-state index contributed by atoms with van der Waals surface area (Å²) in [6, 6.07) is 7.22. The molecule has 2 saturated heterocycles. The summed E-state index contributed by atoms with van der Waals surface area (Å²) in [5.41, 5.74) is 0.910. The molecule has 6 heteroatoms. The van der Waals surface area contributed by atoms with Crippen LogP contribution in [0.3, 0.4) is 0 Å². The molecule has 2 fully saturated rings. The number of likely N-dealkylation sites (tertiary alicyclic amines) is 1. The number of piperidine rings is 1. The monoisotopic (exact) mass is 348 g/mol. The molecule has 25 heavy (non-hydrogen) atoms. The third-order valence-corrected chi connectivity index (χ3v) is 5.38. The fourth-order valence-electron chi connectivity index (χ4n) is 3.77. The van der Waals surface area contributed by atoms with Crippen LogP contribution >= 0.6 is 0 Å². The van der Waals surface area contributed by atoms with Crippen LogP contribution in [0.4, 0.5) is 9.18 Å². The standard InChI is InChI=1S/C19H29FN4O/c1-22-9-6-18(7-10-22)23-11-13-24(14-12-23)19(25)21-8-5-16-3-2-4-17(20)15-16/h2-4,15,18H,5-14H2,1H3,(H,21,25). The number of benzene rings is 1. The second-order valence-electron chi connectivity index (χ2n) is 7.17. The molecule has 0 bridgehead atoms. The molecule has 3 rings (SSSR count). The third-order valence-electron chi connectivity index (χ3n) is 5.38. The fourth-order valence-corrected chi connectivity index (χ4v) is 3.77. The lowest BCUT2D eigenvalue weighted by Gasteiger charge is -2.42. The van der Waals surface area contributed by atoms with Gasteiger partial charge in [-0.2, -0.15) is 0 Å². The first-order valence-corrected chi connectivity index (χ1v) is 9.31. The predicted octanol–water partition coefficient (Wildman–Crippen LogP) is 1.79. The number of halogens is 1. The Labute approximate surface area is 149 Å². The van der Waals surface area contributed by atoms with Gasteiger partial charge in [-0.1, -0.05) is 12.1 Å². The first kappa shape index (κ1) is 18.1. The van der Waals surface area contributed by atoms with Gasteiger partial charge in [0.1, 0.15) is 5.82 Å². The van der Waals surface area contributed by atoms with Gasteiger partial charge >= 0.3 is 6.03 Å². The molecule has 1 aromatic rings. The maximum absolute atomic E-state index is 13.2. The van der Waals surface area contributed by atoms with Crippen molar-refractivity contribution in [1.82, 2.24) is 20.0 Å². The first-order valence-electron chi connectivity index (χ1n) is 9.31. The highest BCUT2D eigenvalue weighted by atomic mass is 19.1. The van der Waals surface area contributed by atoms with Crippen LogP contribution in [0.5, 0.6) is 0 Å². The maximum atomic E-state index is 13.2. The van der Waals surface area contributed by atoms with Crippen LogP contribution in [0.2, 0.25) is 0 Å². The minimum atomic E-state index is -0.228. The van der Waals surface area contributed by atoms with Crippen LogP contribution in [-0.4, -0.2) is 79.6 Å². The molecule has 2 amide bonds. The molecule has 0 saturated carbocycles. The smallest absolute Gasteiger partial charge is 0.317 e. The summed E-state index contributed by atoms with van der Waals surface area (Å²) in [6.07, 6.45) is 3.12. The van der Waals surface area contributed by atoms with E-state index < -0.39 is 0 Å². The van der Waals surface area contributed by atoms with Gasteiger partial charge in [0, 0.05) is 38.8 Å². The summed E-state index contributed by atoms with van der Waals surface area (Å²) in [5, 5.41) is 2.96. The zero-order valence-electron chi connectivity index (χ0n) is 15.1. The molecule has 0 aliphatic carbocycles. The molecule has 0 unspecified atom stereocenters. The Morgan fingerprint density at radius 2 is 1.88 bits per heavy atom. The van der Waals surface area contributed by atoms with Gasteiger partial charge < -0.3 is 15.1 Å². The van der Waals surface area contributed by atoms with E-state index in [1.807, 2.05) is 11.0 Å². The number of hydrogen-bond acceptors (Lipinski definition) is 3. The number of rotatable bonds is 4. The lowest BCUT2D eigenvalue weighted by Crippen LogP contribution is -2.55. The molecule has 2 heterocycles. The highest BCUT2D eigenvalue weighted by molar-refractivity contribution is 5.74. The number of carbonyl (C=O) groups excluding carboxylic acids is 1. The van der Waals surface area contributed by atoms with Gasteiger partial charge in [0.15, 0.2) is 0 Å².